The Morgan fingerprint density at radius 2 is 1.74 bits per heavy atom. The molecule has 5 rings (SSSR count). The molecule has 5 aliphatic rings. The molecule has 1 saturated heterocycles. The van der Waals surface area contributed by atoms with Gasteiger partial charge in [-0.3, -0.25) is 9.00 Å². The van der Waals surface area contributed by atoms with Crippen molar-refractivity contribution in [3.63, 3.8) is 0 Å². The molecule has 4 nitrogen and oxygen atoms in total. The molecule has 1 amide bonds. The Morgan fingerprint density at radius 1 is 1.00 bits per heavy atom. The number of piperidine rings is 1. The second kappa shape index (κ2) is 6.29. The van der Waals surface area contributed by atoms with E-state index < -0.39 is 10.8 Å². The Balaban J connectivity index is 1.40. The fraction of sp³-hybridized carbons (Fsp3) is 0.955. The standard InChI is InChI=1S/C22H36N2O2S/c1-21-11-10-16-14(15(21)7-9-18(21)23-13-4-5-13)6-8-19-22(16,2)12-17(27(3)26)20(25)24-19/h13-19,23H,4-12H2,1-3H3,(H,24,25)/t14-,15-,16+,17?,18?,19?,21-,22+,27?/m0/s1. The van der Waals surface area contributed by atoms with Gasteiger partial charge in [-0.2, -0.15) is 0 Å². The lowest BCUT2D eigenvalue weighted by Crippen LogP contribution is -2.65. The predicted octanol–water partition coefficient (Wildman–Crippen LogP) is 2.99. The van der Waals surface area contributed by atoms with Gasteiger partial charge in [-0.25, -0.2) is 0 Å². The minimum absolute atomic E-state index is 0.0342. The minimum Gasteiger partial charge on any atom is -0.352 e. The SMILES string of the molecule is CS(=O)C1C[C@@]2(C)C(CC[C@@H]3[C@H]2CC[C@]2(C)C(NC4CC4)CC[C@@H]32)NC1=O. The molecule has 0 aromatic carbocycles. The second-order valence-electron chi connectivity index (χ2n) is 10.8. The molecule has 0 aromatic heterocycles. The Bertz CT molecular complexity index is 665. The van der Waals surface area contributed by atoms with Crippen LogP contribution in [0.15, 0.2) is 0 Å². The summed E-state index contributed by atoms with van der Waals surface area (Å²) in [7, 11) is -1.08. The first kappa shape index (κ1) is 18.6. The van der Waals surface area contributed by atoms with E-state index in [4.69, 9.17) is 0 Å². The van der Waals surface area contributed by atoms with E-state index in [0.717, 1.165) is 30.7 Å². The van der Waals surface area contributed by atoms with Crippen molar-refractivity contribution in [2.75, 3.05) is 6.26 Å². The van der Waals surface area contributed by atoms with Gasteiger partial charge >= 0.3 is 0 Å². The molecular weight excluding hydrogens is 356 g/mol. The summed E-state index contributed by atoms with van der Waals surface area (Å²) >= 11 is 0. The number of carbonyl (C=O) groups excluding carboxylic acids is 1. The van der Waals surface area contributed by atoms with Crippen LogP contribution in [0.4, 0.5) is 0 Å². The zero-order valence-corrected chi connectivity index (χ0v) is 17.9. The van der Waals surface area contributed by atoms with Crippen LogP contribution in [0.5, 0.6) is 0 Å². The number of nitrogens with one attached hydrogen (secondary N) is 2. The van der Waals surface area contributed by atoms with Crippen molar-refractivity contribution in [3.05, 3.63) is 0 Å². The number of hydrogen-bond donors (Lipinski definition) is 2. The molecule has 0 spiro atoms. The lowest BCUT2D eigenvalue weighted by Gasteiger charge is -2.60. The Labute approximate surface area is 166 Å². The quantitative estimate of drug-likeness (QED) is 0.776. The third-order valence-electron chi connectivity index (χ3n) is 9.52. The topological polar surface area (TPSA) is 58.2 Å². The maximum Gasteiger partial charge on any atom is 0.235 e. The van der Waals surface area contributed by atoms with Crippen LogP contribution in [0.25, 0.3) is 0 Å². The maximum absolute atomic E-state index is 12.5. The van der Waals surface area contributed by atoms with E-state index in [1.807, 2.05) is 0 Å². The molecule has 27 heavy (non-hydrogen) atoms. The molecule has 4 aliphatic carbocycles. The van der Waals surface area contributed by atoms with Crippen LogP contribution in [-0.2, 0) is 15.6 Å². The molecule has 1 aliphatic heterocycles. The lowest BCUT2D eigenvalue weighted by atomic mass is 9.47. The Morgan fingerprint density at radius 3 is 2.44 bits per heavy atom. The van der Waals surface area contributed by atoms with Gasteiger partial charge in [0.1, 0.15) is 5.25 Å². The van der Waals surface area contributed by atoms with E-state index in [0.29, 0.717) is 17.4 Å². The molecule has 4 saturated carbocycles. The first-order chi connectivity index (χ1) is 12.8. The Kier molecular flexibility index (Phi) is 4.33. The molecule has 152 valence electrons. The second-order valence-corrected chi connectivity index (χ2v) is 12.4. The summed E-state index contributed by atoms with van der Waals surface area (Å²) in [5.41, 5.74) is 0.578. The van der Waals surface area contributed by atoms with E-state index in [2.05, 4.69) is 24.5 Å². The predicted molar refractivity (Wildman–Crippen MR) is 109 cm³/mol. The molecule has 0 radical (unpaired) electrons. The highest BCUT2D eigenvalue weighted by Gasteiger charge is 2.61. The molecule has 0 aromatic rings. The van der Waals surface area contributed by atoms with Crippen molar-refractivity contribution in [1.29, 1.82) is 0 Å². The van der Waals surface area contributed by atoms with Crippen LogP contribution in [0, 0.1) is 28.6 Å². The molecule has 4 unspecified atom stereocenters. The molecule has 9 atom stereocenters. The van der Waals surface area contributed by atoms with Gasteiger partial charge in [-0.05, 0) is 86.4 Å². The first-order valence-electron chi connectivity index (χ1n) is 11.2. The number of amides is 1. The summed E-state index contributed by atoms with van der Waals surface area (Å²) in [6, 6.07) is 1.80. The fourth-order valence-corrected chi connectivity index (χ4v) is 8.78. The third-order valence-corrected chi connectivity index (χ3v) is 10.7. The van der Waals surface area contributed by atoms with E-state index >= 15 is 0 Å². The van der Waals surface area contributed by atoms with Gasteiger partial charge in [0.25, 0.3) is 0 Å². The minimum atomic E-state index is -1.08. The van der Waals surface area contributed by atoms with E-state index in [-0.39, 0.29) is 22.6 Å². The smallest absolute Gasteiger partial charge is 0.235 e. The van der Waals surface area contributed by atoms with E-state index in [9.17, 15) is 9.00 Å². The van der Waals surface area contributed by atoms with Gasteiger partial charge in [0.05, 0.1) is 0 Å². The third kappa shape index (κ3) is 2.78. The lowest BCUT2D eigenvalue weighted by molar-refractivity contribution is -0.135. The van der Waals surface area contributed by atoms with Crippen LogP contribution < -0.4 is 10.6 Å². The average molecular weight is 393 g/mol. The summed E-state index contributed by atoms with van der Waals surface area (Å²) in [5.74, 6) is 2.33. The van der Waals surface area contributed by atoms with Crippen LogP contribution in [0.2, 0.25) is 0 Å². The van der Waals surface area contributed by atoms with Crippen molar-refractivity contribution >= 4 is 16.7 Å². The zero-order chi connectivity index (χ0) is 19.0. The van der Waals surface area contributed by atoms with Gasteiger partial charge in [0, 0.05) is 35.2 Å². The van der Waals surface area contributed by atoms with Crippen molar-refractivity contribution in [1.82, 2.24) is 10.6 Å². The maximum atomic E-state index is 12.5. The fourth-order valence-electron chi connectivity index (χ4n) is 7.82. The Hall–Kier alpha value is -0.420. The van der Waals surface area contributed by atoms with Gasteiger partial charge in [-0.15, -0.1) is 0 Å². The van der Waals surface area contributed by atoms with E-state index in [1.165, 1.54) is 44.9 Å². The molecule has 1 heterocycles. The summed E-state index contributed by atoms with van der Waals surface area (Å²) in [6.07, 6.45) is 13.0. The number of hydrogen-bond acceptors (Lipinski definition) is 3. The highest BCUT2D eigenvalue weighted by molar-refractivity contribution is 7.85. The van der Waals surface area contributed by atoms with Crippen LogP contribution in [-0.4, -0.2) is 39.7 Å². The highest BCUT2D eigenvalue weighted by Crippen LogP contribution is 2.64. The van der Waals surface area contributed by atoms with Gasteiger partial charge < -0.3 is 10.6 Å². The van der Waals surface area contributed by atoms with Crippen LogP contribution in [0.1, 0.15) is 71.6 Å². The molecular formula is C22H36N2O2S. The summed E-state index contributed by atoms with van der Waals surface area (Å²) in [4.78, 5) is 12.5. The van der Waals surface area contributed by atoms with Crippen molar-refractivity contribution < 1.29 is 9.00 Å². The number of rotatable bonds is 3. The summed E-state index contributed by atoms with van der Waals surface area (Å²) in [5, 5.41) is 6.96. The van der Waals surface area contributed by atoms with Gasteiger partial charge in [0.15, 0.2) is 0 Å². The van der Waals surface area contributed by atoms with Crippen molar-refractivity contribution in [2.45, 2.75) is 95.0 Å². The highest BCUT2D eigenvalue weighted by atomic mass is 32.2. The first-order valence-corrected chi connectivity index (χ1v) is 12.8. The molecule has 2 N–H and O–H groups in total. The molecule has 5 heteroatoms. The number of fused-ring (bicyclic) bond motifs is 5. The summed E-state index contributed by atoms with van der Waals surface area (Å²) in [6.45, 7) is 4.98. The van der Waals surface area contributed by atoms with E-state index in [1.54, 1.807) is 6.26 Å². The molecule has 0 bridgehead atoms. The van der Waals surface area contributed by atoms with Crippen LogP contribution in [0.3, 0.4) is 0 Å². The van der Waals surface area contributed by atoms with Gasteiger partial charge in [0.2, 0.25) is 5.91 Å². The zero-order valence-electron chi connectivity index (χ0n) is 17.1. The van der Waals surface area contributed by atoms with Crippen LogP contribution >= 0.6 is 0 Å². The normalized spacial score (nSPS) is 53.1. The number of carbonyl (C=O) groups is 1. The largest absolute Gasteiger partial charge is 0.352 e. The van der Waals surface area contributed by atoms with Crippen molar-refractivity contribution in [3.8, 4) is 0 Å². The summed E-state index contributed by atoms with van der Waals surface area (Å²) < 4.78 is 12.2. The monoisotopic (exact) mass is 392 g/mol. The van der Waals surface area contributed by atoms with Crippen molar-refractivity contribution in [2.24, 2.45) is 28.6 Å². The average Bonchev–Trinajstić information content (AvgIpc) is 3.37. The van der Waals surface area contributed by atoms with Gasteiger partial charge in [-0.1, -0.05) is 13.8 Å². The molecule has 5 fully saturated rings.